The maximum atomic E-state index is 14.2. The molecule has 2 aromatic heterocycles. The fraction of sp³-hybridized carbons (Fsp3) is 0.412. The number of halogens is 6. The molecule has 0 aliphatic carbocycles. The molecule has 5 nitrogen and oxygen atoms in total. The minimum Gasteiger partial charge on any atom is -0.443 e. The van der Waals surface area contributed by atoms with Crippen LogP contribution in [0.4, 0.5) is 32.2 Å². The van der Waals surface area contributed by atoms with Gasteiger partial charge in [0.05, 0.1) is 11.1 Å². The molecule has 0 atom stereocenters. The minimum absolute atomic E-state index is 0.0156. The number of anilines is 1. The van der Waals surface area contributed by atoms with E-state index >= 15 is 0 Å². The number of oxazole rings is 1. The third-order valence-corrected chi connectivity index (χ3v) is 4.83. The Labute approximate surface area is 154 Å². The standard InChI is InChI=1S/C17H14F6N4O/c1-26-2-4-27(5-3-26)15-13-14(28-8-24-13)9-6-10(11(18)7-12(9)25-15)16(19,20)17(21,22)23/h6-8H,2-5H2,1H3. The van der Waals surface area contributed by atoms with Crippen molar-refractivity contribution in [3.63, 3.8) is 0 Å². The third-order valence-electron chi connectivity index (χ3n) is 4.83. The van der Waals surface area contributed by atoms with Crippen LogP contribution < -0.4 is 4.90 Å². The van der Waals surface area contributed by atoms with E-state index in [-0.39, 0.29) is 22.0 Å². The van der Waals surface area contributed by atoms with E-state index in [2.05, 4.69) is 14.9 Å². The highest BCUT2D eigenvalue weighted by Gasteiger charge is 2.60. The lowest BCUT2D eigenvalue weighted by molar-refractivity contribution is -0.290. The topological polar surface area (TPSA) is 45.4 Å². The summed E-state index contributed by atoms with van der Waals surface area (Å²) in [6.45, 7) is 2.68. The van der Waals surface area contributed by atoms with Gasteiger partial charge in [-0.2, -0.15) is 22.0 Å². The first-order valence-electron chi connectivity index (χ1n) is 8.34. The average Bonchev–Trinajstić information content (AvgIpc) is 3.10. The number of benzene rings is 1. The van der Waals surface area contributed by atoms with E-state index in [0.717, 1.165) is 19.5 Å². The van der Waals surface area contributed by atoms with Gasteiger partial charge in [0.2, 0.25) is 0 Å². The maximum Gasteiger partial charge on any atom is 0.458 e. The van der Waals surface area contributed by atoms with Gasteiger partial charge in [0.15, 0.2) is 23.3 Å². The molecule has 3 aromatic rings. The van der Waals surface area contributed by atoms with Gasteiger partial charge in [0.1, 0.15) is 5.82 Å². The van der Waals surface area contributed by atoms with Gasteiger partial charge >= 0.3 is 12.1 Å². The van der Waals surface area contributed by atoms with Crippen LogP contribution in [0.5, 0.6) is 0 Å². The Balaban J connectivity index is 1.91. The van der Waals surface area contributed by atoms with E-state index < -0.39 is 23.5 Å². The summed E-state index contributed by atoms with van der Waals surface area (Å²) in [5.41, 5.74) is -1.65. The Bertz CT molecular complexity index is 1040. The van der Waals surface area contributed by atoms with Gasteiger partial charge in [-0.05, 0) is 13.1 Å². The molecule has 1 fully saturated rings. The maximum absolute atomic E-state index is 14.2. The number of piperazine rings is 1. The molecule has 4 rings (SSSR count). The molecule has 0 spiro atoms. The largest absolute Gasteiger partial charge is 0.458 e. The third kappa shape index (κ3) is 2.84. The molecule has 1 saturated heterocycles. The van der Waals surface area contributed by atoms with Gasteiger partial charge in [0, 0.05) is 37.6 Å². The average molecular weight is 404 g/mol. The lowest BCUT2D eigenvalue weighted by atomic mass is 10.0. The number of aromatic nitrogens is 2. The Morgan fingerprint density at radius 3 is 2.36 bits per heavy atom. The van der Waals surface area contributed by atoms with Gasteiger partial charge in [-0.3, -0.25) is 0 Å². The zero-order chi connectivity index (χ0) is 20.3. The summed E-state index contributed by atoms with van der Waals surface area (Å²) in [6, 6.07) is 1.01. The number of pyridine rings is 1. The van der Waals surface area contributed by atoms with Crippen LogP contribution in [0.15, 0.2) is 22.9 Å². The van der Waals surface area contributed by atoms with Crippen LogP contribution in [0.1, 0.15) is 5.56 Å². The molecule has 150 valence electrons. The minimum atomic E-state index is -5.94. The van der Waals surface area contributed by atoms with Crippen LogP contribution in [-0.2, 0) is 5.92 Å². The van der Waals surface area contributed by atoms with E-state index in [1.807, 2.05) is 11.9 Å². The highest BCUT2D eigenvalue weighted by atomic mass is 19.4. The van der Waals surface area contributed by atoms with Crippen molar-refractivity contribution in [3.8, 4) is 0 Å². The summed E-state index contributed by atoms with van der Waals surface area (Å²) in [5.74, 6) is -6.67. The number of hydrogen-bond donors (Lipinski definition) is 0. The highest BCUT2D eigenvalue weighted by molar-refractivity contribution is 6.05. The zero-order valence-corrected chi connectivity index (χ0v) is 14.5. The van der Waals surface area contributed by atoms with Crippen LogP contribution in [0, 0.1) is 5.82 Å². The summed E-state index contributed by atoms with van der Waals surface area (Å²) in [4.78, 5) is 12.3. The second-order valence-corrected chi connectivity index (χ2v) is 6.68. The van der Waals surface area contributed by atoms with Crippen molar-refractivity contribution < 1.29 is 30.8 Å². The molecule has 0 N–H and O–H groups in total. The van der Waals surface area contributed by atoms with Crippen molar-refractivity contribution in [2.75, 3.05) is 38.1 Å². The van der Waals surface area contributed by atoms with Crippen LogP contribution in [0.2, 0.25) is 0 Å². The van der Waals surface area contributed by atoms with Crippen LogP contribution >= 0.6 is 0 Å². The second-order valence-electron chi connectivity index (χ2n) is 6.68. The van der Waals surface area contributed by atoms with E-state index in [0.29, 0.717) is 31.0 Å². The van der Waals surface area contributed by atoms with Gasteiger partial charge in [-0.1, -0.05) is 0 Å². The monoisotopic (exact) mass is 404 g/mol. The molecule has 3 heterocycles. The predicted molar refractivity (Wildman–Crippen MR) is 88.9 cm³/mol. The van der Waals surface area contributed by atoms with E-state index in [4.69, 9.17) is 4.42 Å². The molecule has 0 radical (unpaired) electrons. The van der Waals surface area contributed by atoms with Crippen LogP contribution in [0.25, 0.3) is 22.0 Å². The summed E-state index contributed by atoms with van der Waals surface area (Å²) >= 11 is 0. The predicted octanol–water partition coefficient (Wildman–Crippen LogP) is 3.92. The fourth-order valence-corrected chi connectivity index (χ4v) is 3.23. The number of rotatable bonds is 2. The van der Waals surface area contributed by atoms with Crippen LogP contribution in [-0.4, -0.2) is 54.3 Å². The molecular weight excluding hydrogens is 390 g/mol. The van der Waals surface area contributed by atoms with Crippen molar-refractivity contribution in [1.29, 1.82) is 0 Å². The number of hydrogen-bond acceptors (Lipinski definition) is 5. The molecule has 0 saturated carbocycles. The fourth-order valence-electron chi connectivity index (χ4n) is 3.23. The van der Waals surface area contributed by atoms with Crippen molar-refractivity contribution in [2.24, 2.45) is 0 Å². The Morgan fingerprint density at radius 2 is 1.71 bits per heavy atom. The molecule has 1 aliphatic heterocycles. The summed E-state index contributed by atoms with van der Waals surface area (Å²) in [5, 5.41) is -0.161. The number of fused-ring (bicyclic) bond motifs is 3. The molecule has 11 heteroatoms. The van der Waals surface area contributed by atoms with Gasteiger partial charge in [0.25, 0.3) is 0 Å². The van der Waals surface area contributed by atoms with Crippen molar-refractivity contribution in [1.82, 2.24) is 14.9 Å². The molecule has 0 amide bonds. The molecule has 0 bridgehead atoms. The Kier molecular flexibility index (Phi) is 4.18. The van der Waals surface area contributed by atoms with E-state index in [1.54, 1.807) is 0 Å². The lowest BCUT2D eigenvalue weighted by Gasteiger charge is -2.33. The number of nitrogens with zero attached hydrogens (tertiary/aromatic N) is 4. The number of likely N-dealkylation sites (N-methyl/N-ethyl adjacent to an activating group) is 1. The molecule has 0 unspecified atom stereocenters. The zero-order valence-electron chi connectivity index (χ0n) is 14.5. The molecular formula is C17H14F6N4O. The van der Waals surface area contributed by atoms with Crippen molar-refractivity contribution >= 4 is 27.8 Å². The van der Waals surface area contributed by atoms with Crippen molar-refractivity contribution in [3.05, 3.63) is 29.9 Å². The first kappa shape index (κ1) is 18.8. The second kappa shape index (κ2) is 6.23. The quantitative estimate of drug-likeness (QED) is 0.606. The smallest absolute Gasteiger partial charge is 0.443 e. The Morgan fingerprint density at radius 1 is 1.04 bits per heavy atom. The Hall–Kier alpha value is -2.56. The molecule has 1 aliphatic rings. The number of alkyl halides is 5. The summed E-state index contributed by atoms with van der Waals surface area (Å²) in [6.07, 6.45) is -4.88. The first-order valence-corrected chi connectivity index (χ1v) is 8.34. The molecule has 1 aromatic carbocycles. The summed E-state index contributed by atoms with van der Waals surface area (Å²) in [7, 11) is 1.95. The SMILES string of the molecule is CN1CCN(c2nc3cc(F)c(C(F)(F)C(F)(F)F)cc3c3ocnc23)CC1. The first-order chi connectivity index (χ1) is 13.1. The van der Waals surface area contributed by atoms with Gasteiger partial charge in [-0.25, -0.2) is 14.4 Å². The van der Waals surface area contributed by atoms with Crippen molar-refractivity contribution in [2.45, 2.75) is 12.1 Å². The highest BCUT2D eigenvalue weighted by Crippen LogP contribution is 2.46. The van der Waals surface area contributed by atoms with Gasteiger partial charge < -0.3 is 14.2 Å². The summed E-state index contributed by atoms with van der Waals surface area (Å²) < 4.78 is 85.1. The normalized spacial score (nSPS) is 17.0. The molecule has 28 heavy (non-hydrogen) atoms. The van der Waals surface area contributed by atoms with E-state index in [9.17, 15) is 26.3 Å². The lowest BCUT2D eigenvalue weighted by Crippen LogP contribution is -2.44. The van der Waals surface area contributed by atoms with E-state index in [1.165, 1.54) is 0 Å². The van der Waals surface area contributed by atoms with Gasteiger partial charge in [-0.15, -0.1) is 0 Å². The van der Waals surface area contributed by atoms with Crippen LogP contribution in [0.3, 0.4) is 0 Å².